The number of hydrogen-bond donors (Lipinski definition) is 1. The van der Waals surface area contributed by atoms with Crippen LogP contribution in [0.3, 0.4) is 0 Å². The van der Waals surface area contributed by atoms with Crippen LogP contribution in [0.4, 0.5) is 5.69 Å². The molecule has 0 atom stereocenters. The lowest BCUT2D eigenvalue weighted by atomic mass is 10.0. The van der Waals surface area contributed by atoms with Gasteiger partial charge in [0.25, 0.3) is 0 Å². The van der Waals surface area contributed by atoms with Crippen molar-refractivity contribution < 1.29 is 4.74 Å². The van der Waals surface area contributed by atoms with E-state index < -0.39 is 0 Å². The molecule has 2 nitrogen and oxygen atoms in total. The monoisotopic (exact) mass is 295 g/mol. The Bertz CT molecular complexity index is 611. The predicted octanol–water partition coefficient (Wildman–Crippen LogP) is 4.95. The summed E-state index contributed by atoms with van der Waals surface area (Å²) in [6.45, 7) is 4.44. The third kappa shape index (κ3) is 2.96. The van der Waals surface area contributed by atoms with Crippen LogP contribution < -0.4 is 10.5 Å². The van der Waals surface area contributed by atoms with Crippen molar-refractivity contribution in [2.45, 2.75) is 13.8 Å². The van der Waals surface area contributed by atoms with Crippen molar-refractivity contribution in [3.8, 4) is 16.9 Å². The fourth-order valence-corrected chi connectivity index (χ4v) is 2.40. The van der Waals surface area contributed by atoms with Gasteiger partial charge in [-0.1, -0.05) is 35.3 Å². The van der Waals surface area contributed by atoms with Crippen molar-refractivity contribution in [3.05, 3.63) is 45.9 Å². The van der Waals surface area contributed by atoms with E-state index in [9.17, 15) is 0 Å². The lowest BCUT2D eigenvalue weighted by Gasteiger charge is -2.12. The van der Waals surface area contributed by atoms with Crippen molar-refractivity contribution in [1.82, 2.24) is 0 Å². The minimum Gasteiger partial charge on any atom is -0.492 e. The average molecular weight is 296 g/mol. The third-order valence-electron chi connectivity index (χ3n) is 2.82. The van der Waals surface area contributed by atoms with Crippen LogP contribution in [-0.2, 0) is 0 Å². The van der Waals surface area contributed by atoms with Crippen molar-refractivity contribution in [1.29, 1.82) is 0 Å². The fraction of sp³-hybridized carbons (Fsp3) is 0.200. The summed E-state index contributed by atoms with van der Waals surface area (Å²) >= 11 is 12.5. The zero-order valence-electron chi connectivity index (χ0n) is 10.8. The molecule has 0 aliphatic rings. The normalized spacial score (nSPS) is 10.5. The summed E-state index contributed by atoms with van der Waals surface area (Å²) in [5, 5.41) is 1.10. The quantitative estimate of drug-likeness (QED) is 0.813. The number of halogens is 2. The molecule has 0 amide bonds. The highest BCUT2D eigenvalue weighted by atomic mass is 35.5. The summed E-state index contributed by atoms with van der Waals surface area (Å²) in [6, 6.07) is 9.36. The highest BCUT2D eigenvalue weighted by molar-refractivity contribution is 6.36. The zero-order chi connectivity index (χ0) is 14.0. The van der Waals surface area contributed by atoms with Gasteiger partial charge in [0.1, 0.15) is 5.75 Å². The van der Waals surface area contributed by atoms with Gasteiger partial charge in [-0.2, -0.15) is 0 Å². The van der Waals surface area contributed by atoms with Crippen molar-refractivity contribution in [2.75, 3.05) is 12.3 Å². The average Bonchev–Trinajstić information content (AvgIpc) is 2.34. The molecule has 2 N–H and O–H groups in total. The topological polar surface area (TPSA) is 35.2 Å². The van der Waals surface area contributed by atoms with Gasteiger partial charge in [0, 0.05) is 22.9 Å². The summed E-state index contributed by atoms with van der Waals surface area (Å²) in [6.07, 6.45) is 0. The minimum absolute atomic E-state index is 0.529. The van der Waals surface area contributed by atoms with E-state index in [4.69, 9.17) is 33.7 Å². The van der Waals surface area contributed by atoms with E-state index in [0.29, 0.717) is 28.1 Å². The number of aryl methyl sites for hydroxylation is 1. The van der Waals surface area contributed by atoms with Crippen LogP contribution in [0.15, 0.2) is 30.3 Å². The summed E-state index contributed by atoms with van der Waals surface area (Å²) < 4.78 is 5.41. The molecule has 0 heterocycles. The fourth-order valence-electron chi connectivity index (χ4n) is 1.93. The van der Waals surface area contributed by atoms with E-state index in [-0.39, 0.29) is 0 Å². The maximum absolute atomic E-state index is 6.29. The molecule has 2 aromatic rings. The first kappa shape index (κ1) is 14.0. The molecule has 0 unspecified atom stereocenters. The number of anilines is 1. The number of benzene rings is 2. The maximum Gasteiger partial charge on any atom is 0.139 e. The van der Waals surface area contributed by atoms with E-state index in [0.717, 1.165) is 16.7 Å². The van der Waals surface area contributed by atoms with Crippen LogP contribution >= 0.6 is 23.2 Å². The van der Waals surface area contributed by atoms with Gasteiger partial charge in [0.05, 0.1) is 16.7 Å². The molecule has 0 aromatic heterocycles. The Morgan fingerprint density at radius 3 is 2.42 bits per heavy atom. The third-order valence-corrected chi connectivity index (χ3v) is 3.43. The molecule has 100 valence electrons. The van der Waals surface area contributed by atoms with Crippen LogP contribution in [0, 0.1) is 6.92 Å². The highest BCUT2D eigenvalue weighted by Crippen LogP contribution is 2.39. The van der Waals surface area contributed by atoms with E-state index in [1.807, 2.05) is 32.0 Å². The maximum atomic E-state index is 6.29. The van der Waals surface area contributed by atoms with Crippen molar-refractivity contribution >= 4 is 28.9 Å². The Morgan fingerprint density at radius 2 is 1.79 bits per heavy atom. The SMILES string of the molecule is CCOc1cc(Cl)c(-c2ccc(C)cc2N)cc1Cl. The molecule has 0 radical (unpaired) electrons. The summed E-state index contributed by atoms with van der Waals surface area (Å²) in [4.78, 5) is 0. The van der Waals surface area contributed by atoms with Gasteiger partial charge in [-0.15, -0.1) is 0 Å². The second kappa shape index (κ2) is 5.72. The van der Waals surface area contributed by atoms with E-state index >= 15 is 0 Å². The second-order valence-electron chi connectivity index (χ2n) is 4.29. The van der Waals surface area contributed by atoms with Crippen LogP contribution in [0.25, 0.3) is 11.1 Å². The summed E-state index contributed by atoms with van der Waals surface area (Å²) in [7, 11) is 0. The molecule has 0 aliphatic heterocycles. The lowest BCUT2D eigenvalue weighted by molar-refractivity contribution is 0.340. The van der Waals surface area contributed by atoms with E-state index in [2.05, 4.69) is 0 Å². The first-order valence-electron chi connectivity index (χ1n) is 6.01. The lowest BCUT2D eigenvalue weighted by Crippen LogP contribution is -1.95. The van der Waals surface area contributed by atoms with Gasteiger partial charge in [-0.05, 0) is 31.5 Å². The molecule has 0 saturated carbocycles. The summed E-state index contributed by atoms with van der Waals surface area (Å²) in [5.41, 5.74) is 9.51. The number of nitrogens with two attached hydrogens (primary N) is 1. The minimum atomic E-state index is 0.529. The highest BCUT2D eigenvalue weighted by Gasteiger charge is 2.12. The van der Waals surface area contributed by atoms with Crippen LogP contribution in [0.1, 0.15) is 12.5 Å². The smallest absolute Gasteiger partial charge is 0.139 e. The Kier molecular flexibility index (Phi) is 4.23. The largest absolute Gasteiger partial charge is 0.492 e. The van der Waals surface area contributed by atoms with E-state index in [1.165, 1.54) is 0 Å². The Balaban J connectivity index is 2.53. The Labute approximate surface area is 123 Å². The molecule has 2 aromatic carbocycles. The molecule has 0 spiro atoms. The van der Waals surface area contributed by atoms with Gasteiger partial charge < -0.3 is 10.5 Å². The van der Waals surface area contributed by atoms with Gasteiger partial charge in [-0.25, -0.2) is 0 Å². The number of ether oxygens (including phenoxy) is 1. The second-order valence-corrected chi connectivity index (χ2v) is 5.10. The molecule has 0 aliphatic carbocycles. The van der Waals surface area contributed by atoms with Crippen molar-refractivity contribution in [3.63, 3.8) is 0 Å². The van der Waals surface area contributed by atoms with Gasteiger partial charge in [0.15, 0.2) is 0 Å². The van der Waals surface area contributed by atoms with E-state index in [1.54, 1.807) is 12.1 Å². The number of rotatable bonds is 3. The predicted molar refractivity (Wildman–Crippen MR) is 82.2 cm³/mol. The molecule has 0 fully saturated rings. The zero-order valence-corrected chi connectivity index (χ0v) is 12.3. The van der Waals surface area contributed by atoms with Crippen LogP contribution in [-0.4, -0.2) is 6.61 Å². The Hall–Kier alpha value is -1.38. The number of nitrogen functional groups attached to an aromatic ring is 1. The first-order valence-corrected chi connectivity index (χ1v) is 6.77. The van der Waals surface area contributed by atoms with Gasteiger partial charge in [-0.3, -0.25) is 0 Å². The molecule has 0 saturated heterocycles. The van der Waals surface area contributed by atoms with Gasteiger partial charge >= 0.3 is 0 Å². The van der Waals surface area contributed by atoms with Crippen LogP contribution in [0.2, 0.25) is 10.0 Å². The molecule has 4 heteroatoms. The molecule has 2 rings (SSSR count). The molecular weight excluding hydrogens is 281 g/mol. The first-order chi connectivity index (χ1) is 9.02. The number of hydrogen-bond acceptors (Lipinski definition) is 2. The Morgan fingerprint density at radius 1 is 1.05 bits per heavy atom. The molecule has 19 heavy (non-hydrogen) atoms. The summed E-state index contributed by atoms with van der Waals surface area (Å²) in [5.74, 6) is 0.587. The molecule has 0 bridgehead atoms. The van der Waals surface area contributed by atoms with Gasteiger partial charge in [0.2, 0.25) is 0 Å². The van der Waals surface area contributed by atoms with Crippen molar-refractivity contribution in [2.24, 2.45) is 0 Å². The standard InChI is InChI=1S/C15H15Cl2NO/c1-3-19-15-8-12(16)11(7-13(15)17)10-5-4-9(2)6-14(10)18/h4-8H,3,18H2,1-2H3. The van der Waals surface area contributed by atoms with Crippen LogP contribution in [0.5, 0.6) is 5.75 Å². The molecular formula is C15H15Cl2NO.